The summed E-state index contributed by atoms with van der Waals surface area (Å²) < 4.78 is 13.1. The summed E-state index contributed by atoms with van der Waals surface area (Å²) in [7, 11) is 1.60. The highest BCUT2D eigenvalue weighted by molar-refractivity contribution is 5.95. The number of fused-ring (bicyclic) bond motifs is 1. The molecule has 3 N–H and O–H groups in total. The van der Waals surface area contributed by atoms with Gasteiger partial charge in [0.05, 0.1) is 12.8 Å². The number of carbonyl (C=O) groups is 1. The Balaban J connectivity index is 1.69. The van der Waals surface area contributed by atoms with E-state index in [1.165, 1.54) is 6.33 Å². The predicted octanol–water partition coefficient (Wildman–Crippen LogP) is 5.46. The highest BCUT2D eigenvalue weighted by atomic mass is 16.5. The van der Waals surface area contributed by atoms with E-state index in [2.05, 4.69) is 10.1 Å². The Morgan fingerprint density at radius 3 is 2.39 bits per heavy atom. The molecule has 8 heteroatoms. The van der Waals surface area contributed by atoms with E-state index in [1.54, 1.807) is 11.6 Å². The molecule has 0 fully saturated rings. The maximum atomic E-state index is 11.6. The van der Waals surface area contributed by atoms with E-state index >= 15 is 0 Å². The van der Waals surface area contributed by atoms with Crippen LogP contribution in [0.15, 0.2) is 85.2 Å². The van der Waals surface area contributed by atoms with Gasteiger partial charge in [0, 0.05) is 17.5 Å². The topological polar surface area (TPSA) is 112 Å². The van der Waals surface area contributed by atoms with Crippen LogP contribution >= 0.6 is 0 Å². The Bertz CT molecular complexity index is 1530. The Morgan fingerprint density at radius 1 is 0.944 bits per heavy atom. The van der Waals surface area contributed by atoms with Gasteiger partial charge in [0.25, 0.3) is 0 Å². The number of methoxy groups -OCH3 is 1. The van der Waals surface area contributed by atoms with Crippen molar-refractivity contribution in [3.63, 3.8) is 0 Å². The highest BCUT2D eigenvalue weighted by Crippen LogP contribution is 2.41. The minimum absolute atomic E-state index is 0.0522. The van der Waals surface area contributed by atoms with E-state index < -0.39 is 5.97 Å². The monoisotopic (exact) mass is 480 g/mol. The molecular weight excluding hydrogens is 456 g/mol. The van der Waals surface area contributed by atoms with Gasteiger partial charge in [0.15, 0.2) is 5.82 Å². The van der Waals surface area contributed by atoms with Crippen LogP contribution in [0, 0.1) is 0 Å². The highest BCUT2D eigenvalue weighted by Gasteiger charge is 2.24. The fraction of sp³-hybridized carbons (Fsp3) is 0.107. The summed E-state index contributed by atoms with van der Waals surface area (Å²) in [6.45, 7) is 0. The first-order valence-corrected chi connectivity index (χ1v) is 11.4. The van der Waals surface area contributed by atoms with Gasteiger partial charge >= 0.3 is 5.97 Å². The number of nitrogens with zero attached hydrogens (tertiary/aromatic N) is 3. The molecule has 3 aromatic carbocycles. The minimum atomic E-state index is -0.890. The summed E-state index contributed by atoms with van der Waals surface area (Å²) in [5, 5.41) is 14.0. The van der Waals surface area contributed by atoms with Crippen molar-refractivity contribution >= 4 is 17.3 Å². The molecule has 5 rings (SSSR count). The zero-order valence-corrected chi connectivity index (χ0v) is 19.6. The number of hydrogen-bond donors (Lipinski definition) is 2. The Hall–Kier alpha value is -4.85. The van der Waals surface area contributed by atoms with E-state index in [4.69, 9.17) is 15.2 Å². The number of ether oxygens (including phenoxy) is 2. The molecule has 180 valence electrons. The SMILES string of the molecule is COc1cccc(-c2c(CCC(=O)O)c(-c3ccc(Oc4ccccc4)cc3)c3c(N)ncnn23)c1. The normalized spacial score (nSPS) is 10.9. The molecule has 0 amide bonds. The molecule has 0 aliphatic heterocycles. The summed E-state index contributed by atoms with van der Waals surface area (Å²) in [5.41, 5.74) is 11.0. The minimum Gasteiger partial charge on any atom is -0.497 e. The first-order valence-electron chi connectivity index (χ1n) is 11.4. The van der Waals surface area contributed by atoms with Crippen LogP contribution in [0.5, 0.6) is 17.2 Å². The zero-order valence-electron chi connectivity index (χ0n) is 19.6. The molecule has 36 heavy (non-hydrogen) atoms. The lowest BCUT2D eigenvalue weighted by molar-refractivity contribution is -0.136. The Labute approximate surface area is 207 Å². The van der Waals surface area contributed by atoms with Gasteiger partial charge in [-0.05, 0) is 53.9 Å². The van der Waals surface area contributed by atoms with Gasteiger partial charge < -0.3 is 20.3 Å². The lowest BCUT2D eigenvalue weighted by Gasteiger charge is -2.10. The van der Waals surface area contributed by atoms with E-state index in [-0.39, 0.29) is 12.8 Å². The van der Waals surface area contributed by atoms with Crippen LogP contribution < -0.4 is 15.2 Å². The number of anilines is 1. The summed E-state index contributed by atoms with van der Waals surface area (Å²) in [6, 6.07) is 24.7. The number of carboxylic acid groups (broad SMARTS) is 1. The number of aromatic nitrogens is 3. The van der Waals surface area contributed by atoms with Crippen LogP contribution in [-0.2, 0) is 11.2 Å². The average Bonchev–Trinajstić information content (AvgIpc) is 3.24. The fourth-order valence-electron chi connectivity index (χ4n) is 4.33. The maximum Gasteiger partial charge on any atom is 0.303 e. The van der Waals surface area contributed by atoms with Gasteiger partial charge in [-0.1, -0.05) is 42.5 Å². The third-order valence-corrected chi connectivity index (χ3v) is 5.91. The molecule has 2 aromatic heterocycles. The van der Waals surface area contributed by atoms with Gasteiger partial charge in [0.1, 0.15) is 29.1 Å². The zero-order chi connectivity index (χ0) is 25.1. The molecule has 0 spiro atoms. The number of aliphatic carboxylic acids is 1. The van der Waals surface area contributed by atoms with Gasteiger partial charge in [0.2, 0.25) is 0 Å². The second kappa shape index (κ2) is 9.79. The second-order valence-electron chi connectivity index (χ2n) is 8.17. The number of nitrogens with two attached hydrogens (primary N) is 1. The van der Waals surface area contributed by atoms with Crippen molar-refractivity contribution in [1.29, 1.82) is 0 Å². The molecule has 0 aliphatic rings. The molecule has 0 radical (unpaired) electrons. The molecule has 2 heterocycles. The van der Waals surface area contributed by atoms with Gasteiger partial charge in [-0.15, -0.1) is 0 Å². The van der Waals surface area contributed by atoms with E-state index in [1.807, 2.05) is 78.9 Å². The van der Waals surface area contributed by atoms with Crippen molar-refractivity contribution in [1.82, 2.24) is 14.6 Å². The fourth-order valence-corrected chi connectivity index (χ4v) is 4.33. The van der Waals surface area contributed by atoms with Crippen molar-refractivity contribution in [3.8, 4) is 39.6 Å². The number of hydrogen-bond acceptors (Lipinski definition) is 6. The van der Waals surface area contributed by atoms with Crippen LogP contribution in [0.4, 0.5) is 5.82 Å². The van der Waals surface area contributed by atoms with E-state index in [0.717, 1.165) is 33.7 Å². The van der Waals surface area contributed by atoms with Gasteiger partial charge in [-0.2, -0.15) is 5.10 Å². The summed E-state index contributed by atoms with van der Waals surface area (Å²) in [6.07, 6.45) is 1.62. The largest absolute Gasteiger partial charge is 0.497 e. The predicted molar refractivity (Wildman–Crippen MR) is 137 cm³/mol. The summed E-state index contributed by atoms with van der Waals surface area (Å²) in [4.78, 5) is 15.8. The first-order chi connectivity index (χ1) is 17.5. The second-order valence-corrected chi connectivity index (χ2v) is 8.17. The van der Waals surface area contributed by atoms with E-state index in [0.29, 0.717) is 22.8 Å². The molecular formula is C28H24N4O4. The lowest BCUT2D eigenvalue weighted by atomic mass is 9.95. The maximum absolute atomic E-state index is 11.6. The number of nitrogen functional groups attached to an aromatic ring is 1. The van der Waals surface area contributed by atoms with E-state index in [9.17, 15) is 9.90 Å². The molecule has 5 aromatic rings. The van der Waals surface area contributed by atoms with Crippen molar-refractivity contribution in [3.05, 3.63) is 90.8 Å². The van der Waals surface area contributed by atoms with Crippen molar-refractivity contribution in [2.24, 2.45) is 0 Å². The molecule has 0 aliphatic carbocycles. The number of para-hydroxylation sites is 1. The molecule has 0 saturated heterocycles. The third-order valence-electron chi connectivity index (χ3n) is 5.91. The average molecular weight is 481 g/mol. The first kappa shape index (κ1) is 22.9. The quantitative estimate of drug-likeness (QED) is 0.303. The van der Waals surface area contributed by atoms with Crippen molar-refractivity contribution < 1.29 is 19.4 Å². The molecule has 0 bridgehead atoms. The number of carboxylic acids is 1. The summed E-state index contributed by atoms with van der Waals surface area (Å²) in [5.74, 6) is 1.50. The number of benzene rings is 3. The lowest BCUT2D eigenvalue weighted by Crippen LogP contribution is -2.01. The Morgan fingerprint density at radius 2 is 1.67 bits per heavy atom. The Kier molecular flexibility index (Phi) is 6.23. The van der Waals surface area contributed by atoms with Crippen molar-refractivity contribution in [2.75, 3.05) is 12.8 Å². The van der Waals surface area contributed by atoms with Crippen LogP contribution in [0.25, 0.3) is 27.9 Å². The third kappa shape index (κ3) is 4.44. The van der Waals surface area contributed by atoms with Crippen LogP contribution in [0.3, 0.4) is 0 Å². The standard InChI is InChI=1S/C28H24N4O4/c1-35-22-9-5-6-19(16-22)26-23(14-15-24(33)34)25(27-28(29)30-17-31-32(26)27)18-10-12-21(13-11-18)36-20-7-3-2-4-8-20/h2-13,16-17H,14-15H2,1H3,(H,33,34)(H2,29,30,31). The smallest absolute Gasteiger partial charge is 0.303 e. The van der Waals surface area contributed by atoms with Gasteiger partial charge in [-0.3, -0.25) is 4.79 Å². The molecule has 8 nitrogen and oxygen atoms in total. The summed E-state index contributed by atoms with van der Waals surface area (Å²) >= 11 is 0. The van der Waals surface area contributed by atoms with Crippen molar-refractivity contribution in [2.45, 2.75) is 12.8 Å². The molecule has 0 saturated carbocycles. The van der Waals surface area contributed by atoms with Crippen LogP contribution in [0.1, 0.15) is 12.0 Å². The molecule has 0 unspecified atom stereocenters. The van der Waals surface area contributed by atoms with Crippen LogP contribution in [0.2, 0.25) is 0 Å². The number of rotatable bonds is 8. The van der Waals surface area contributed by atoms with Gasteiger partial charge in [-0.25, -0.2) is 9.50 Å². The van der Waals surface area contributed by atoms with Crippen LogP contribution in [-0.4, -0.2) is 32.8 Å². The molecule has 0 atom stereocenters.